The molecule has 0 amide bonds. The molecule has 0 aliphatic carbocycles. The average molecular weight is 486 g/mol. The SMILES string of the molecule is Cc1c([N+](=O)[O-])cc([N+](=O)[O-])c2c(C#N)cc3cc(C#N)c4c([N+](=O)[O-])cc([N+](=O)[O-])c(C)c4c3c12. The van der Waals surface area contributed by atoms with Gasteiger partial charge in [0.05, 0.1) is 53.7 Å². The molecule has 0 unspecified atom stereocenters. The Bertz CT molecular complexity index is 1720. The molecule has 0 radical (unpaired) electrons. The third kappa shape index (κ3) is 3.10. The second-order valence-corrected chi connectivity index (χ2v) is 7.78. The standard InChI is InChI=1S/C22H10N6O8/c1-9-14(25(29)30)5-16(27(33)34)20-12(7-23)3-11-4-13(8-24)21-17(28(35)36)6-15(26(31)32)10(2)19(21)22(11)18(9)20/h3-6H,1-2H3. The molecule has 14 nitrogen and oxygen atoms in total. The fraction of sp³-hybridized carbons (Fsp3) is 0.0909. The first-order chi connectivity index (χ1) is 16.9. The van der Waals surface area contributed by atoms with Crippen LogP contribution in [0.2, 0.25) is 0 Å². The molecule has 0 heterocycles. The van der Waals surface area contributed by atoms with E-state index in [9.17, 15) is 51.0 Å². The monoisotopic (exact) mass is 486 g/mol. The van der Waals surface area contributed by atoms with Crippen molar-refractivity contribution in [1.82, 2.24) is 0 Å². The Morgan fingerprint density at radius 2 is 0.889 bits per heavy atom. The molecular formula is C22H10N6O8. The van der Waals surface area contributed by atoms with E-state index in [1.165, 1.54) is 26.0 Å². The number of aryl methyl sites for hydroxylation is 2. The number of nitro benzene ring substituents is 4. The van der Waals surface area contributed by atoms with Crippen molar-refractivity contribution in [2.24, 2.45) is 0 Å². The largest absolute Gasteiger partial charge is 0.285 e. The lowest BCUT2D eigenvalue weighted by molar-refractivity contribution is -0.393. The summed E-state index contributed by atoms with van der Waals surface area (Å²) in [5.41, 5.74) is -3.47. The fourth-order valence-electron chi connectivity index (χ4n) is 4.58. The van der Waals surface area contributed by atoms with Gasteiger partial charge in [-0.3, -0.25) is 40.5 Å². The van der Waals surface area contributed by atoms with Gasteiger partial charge in [-0.1, -0.05) is 0 Å². The minimum Gasteiger partial charge on any atom is -0.258 e. The molecule has 4 rings (SSSR count). The molecule has 0 fully saturated rings. The van der Waals surface area contributed by atoms with Gasteiger partial charge in [0.25, 0.3) is 22.7 Å². The van der Waals surface area contributed by atoms with Crippen molar-refractivity contribution in [3.8, 4) is 12.1 Å². The topological polar surface area (TPSA) is 220 Å². The molecule has 0 saturated carbocycles. The number of nitro groups is 4. The molecule has 176 valence electrons. The predicted octanol–water partition coefficient (Wildman–Crippen LogP) is 5.14. The minimum absolute atomic E-state index is 0.0217. The molecule has 0 N–H and O–H groups in total. The lowest BCUT2D eigenvalue weighted by Gasteiger charge is -2.15. The normalized spacial score (nSPS) is 10.8. The number of non-ortho nitro benzene ring substituents is 2. The number of rotatable bonds is 4. The van der Waals surface area contributed by atoms with Crippen LogP contribution in [0.25, 0.3) is 32.3 Å². The molecular weight excluding hydrogens is 476 g/mol. The predicted molar refractivity (Wildman–Crippen MR) is 124 cm³/mol. The van der Waals surface area contributed by atoms with Crippen LogP contribution in [-0.2, 0) is 0 Å². The zero-order valence-corrected chi connectivity index (χ0v) is 18.3. The second-order valence-electron chi connectivity index (χ2n) is 7.78. The summed E-state index contributed by atoms with van der Waals surface area (Å²) in [6.07, 6.45) is 0. The van der Waals surface area contributed by atoms with Gasteiger partial charge < -0.3 is 0 Å². The van der Waals surface area contributed by atoms with Gasteiger partial charge in [0.2, 0.25) is 0 Å². The summed E-state index contributed by atoms with van der Waals surface area (Å²) in [7, 11) is 0. The Morgan fingerprint density at radius 1 is 0.556 bits per heavy atom. The first-order valence-corrected chi connectivity index (χ1v) is 9.86. The van der Waals surface area contributed by atoms with Gasteiger partial charge in [-0.25, -0.2) is 0 Å². The lowest BCUT2D eigenvalue weighted by atomic mass is 9.86. The van der Waals surface area contributed by atoms with Crippen LogP contribution in [0.3, 0.4) is 0 Å². The molecule has 0 saturated heterocycles. The Labute approximate surface area is 198 Å². The van der Waals surface area contributed by atoms with Gasteiger partial charge in [-0.05, 0) is 36.8 Å². The van der Waals surface area contributed by atoms with Crippen LogP contribution in [0, 0.1) is 77.0 Å². The van der Waals surface area contributed by atoms with E-state index in [0.717, 1.165) is 0 Å². The molecule has 0 aliphatic rings. The Morgan fingerprint density at radius 3 is 1.17 bits per heavy atom. The smallest absolute Gasteiger partial charge is 0.258 e. The first-order valence-electron chi connectivity index (χ1n) is 9.86. The third-order valence-corrected chi connectivity index (χ3v) is 6.03. The van der Waals surface area contributed by atoms with Crippen LogP contribution in [0.15, 0.2) is 24.3 Å². The summed E-state index contributed by atoms with van der Waals surface area (Å²) in [4.78, 5) is 43.7. The summed E-state index contributed by atoms with van der Waals surface area (Å²) in [5.74, 6) is 0. The van der Waals surface area contributed by atoms with E-state index in [0.29, 0.717) is 12.1 Å². The van der Waals surface area contributed by atoms with Crippen molar-refractivity contribution in [3.63, 3.8) is 0 Å². The molecule has 0 aliphatic heterocycles. The van der Waals surface area contributed by atoms with Crippen molar-refractivity contribution >= 4 is 55.1 Å². The number of hydrogen-bond donors (Lipinski definition) is 0. The summed E-state index contributed by atoms with van der Waals surface area (Å²) < 4.78 is 0. The highest BCUT2D eigenvalue weighted by molar-refractivity contribution is 6.27. The highest BCUT2D eigenvalue weighted by Gasteiger charge is 2.32. The van der Waals surface area contributed by atoms with Crippen molar-refractivity contribution in [2.45, 2.75) is 13.8 Å². The van der Waals surface area contributed by atoms with Crippen LogP contribution in [0.5, 0.6) is 0 Å². The molecule has 0 aromatic heterocycles. The van der Waals surface area contributed by atoms with Gasteiger partial charge >= 0.3 is 0 Å². The van der Waals surface area contributed by atoms with Gasteiger partial charge in [-0.2, -0.15) is 10.5 Å². The van der Waals surface area contributed by atoms with E-state index in [2.05, 4.69) is 0 Å². The highest BCUT2D eigenvalue weighted by Crippen LogP contribution is 2.47. The Kier molecular flexibility index (Phi) is 5.15. The summed E-state index contributed by atoms with van der Waals surface area (Å²) in [5, 5.41) is 66.0. The van der Waals surface area contributed by atoms with Gasteiger partial charge in [0, 0.05) is 21.9 Å². The van der Waals surface area contributed by atoms with Gasteiger partial charge in [-0.15, -0.1) is 0 Å². The van der Waals surface area contributed by atoms with Crippen molar-refractivity contribution in [3.05, 3.63) is 87.0 Å². The first kappa shape index (κ1) is 23.4. The maximum absolute atomic E-state index is 11.9. The number of fused-ring (bicyclic) bond motifs is 5. The number of nitriles is 2. The zero-order valence-electron chi connectivity index (χ0n) is 18.3. The molecule has 4 aromatic rings. The molecule has 0 spiro atoms. The van der Waals surface area contributed by atoms with Crippen LogP contribution in [0.4, 0.5) is 22.7 Å². The van der Waals surface area contributed by atoms with Crippen LogP contribution < -0.4 is 0 Å². The second kappa shape index (κ2) is 7.93. The summed E-state index contributed by atoms with van der Waals surface area (Å²) >= 11 is 0. The average Bonchev–Trinajstić information content (AvgIpc) is 2.81. The van der Waals surface area contributed by atoms with Crippen LogP contribution in [0.1, 0.15) is 22.3 Å². The summed E-state index contributed by atoms with van der Waals surface area (Å²) in [6, 6.07) is 7.49. The Balaban J connectivity index is 2.58. The summed E-state index contributed by atoms with van der Waals surface area (Å²) in [6.45, 7) is 2.58. The van der Waals surface area contributed by atoms with Crippen molar-refractivity contribution in [1.29, 1.82) is 10.5 Å². The van der Waals surface area contributed by atoms with Gasteiger partial charge in [0.1, 0.15) is 12.1 Å². The number of nitrogens with zero attached hydrogens (tertiary/aromatic N) is 6. The molecule has 4 aromatic carbocycles. The van der Waals surface area contributed by atoms with E-state index < -0.39 is 42.4 Å². The fourth-order valence-corrected chi connectivity index (χ4v) is 4.58. The maximum atomic E-state index is 11.9. The van der Waals surface area contributed by atoms with Crippen LogP contribution in [-0.4, -0.2) is 19.7 Å². The van der Waals surface area contributed by atoms with E-state index in [-0.39, 0.29) is 54.6 Å². The van der Waals surface area contributed by atoms with Crippen molar-refractivity contribution in [2.75, 3.05) is 0 Å². The molecule has 36 heavy (non-hydrogen) atoms. The highest BCUT2D eigenvalue weighted by atomic mass is 16.6. The van der Waals surface area contributed by atoms with E-state index in [4.69, 9.17) is 0 Å². The van der Waals surface area contributed by atoms with E-state index >= 15 is 0 Å². The lowest BCUT2D eigenvalue weighted by Crippen LogP contribution is -2.02. The maximum Gasteiger partial charge on any atom is 0.285 e. The zero-order chi connectivity index (χ0) is 26.6. The molecule has 0 bridgehead atoms. The van der Waals surface area contributed by atoms with Crippen molar-refractivity contribution < 1.29 is 19.7 Å². The minimum atomic E-state index is -0.898. The quantitative estimate of drug-likeness (QED) is 0.210. The van der Waals surface area contributed by atoms with E-state index in [1.54, 1.807) is 0 Å². The number of hydrogen-bond acceptors (Lipinski definition) is 10. The molecule has 0 atom stereocenters. The van der Waals surface area contributed by atoms with E-state index in [1.807, 2.05) is 12.1 Å². The molecule has 14 heteroatoms. The number of benzene rings is 4. The van der Waals surface area contributed by atoms with Crippen LogP contribution >= 0.6 is 0 Å². The third-order valence-electron chi connectivity index (χ3n) is 6.03. The Hall–Kier alpha value is -5.76. The van der Waals surface area contributed by atoms with Gasteiger partial charge in [0.15, 0.2) is 0 Å².